The van der Waals surface area contributed by atoms with Gasteiger partial charge in [-0.05, 0) is 26.2 Å². The van der Waals surface area contributed by atoms with E-state index in [1.54, 1.807) is 0 Å². The molecular formula is C11H12ClN3O. The highest BCUT2D eigenvalue weighted by molar-refractivity contribution is 6.30. The van der Waals surface area contributed by atoms with Crippen molar-refractivity contribution in [1.82, 2.24) is 15.0 Å². The first-order valence-corrected chi connectivity index (χ1v) is 5.26. The Labute approximate surface area is 98.8 Å². The first kappa shape index (κ1) is 11.1. The molecule has 0 N–H and O–H groups in total. The Bertz CT molecular complexity index is 482. The van der Waals surface area contributed by atoms with E-state index in [0.29, 0.717) is 23.3 Å². The van der Waals surface area contributed by atoms with Crippen LogP contribution in [0.25, 0.3) is 11.4 Å². The average Bonchev–Trinajstić information content (AvgIpc) is 2.65. The van der Waals surface area contributed by atoms with Gasteiger partial charge in [-0.1, -0.05) is 28.9 Å². The first-order valence-electron chi connectivity index (χ1n) is 4.88. The molecule has 4 nitrogen and oxygen atoms in total. The molecule has 0 spiro atoms. The summed E-state index contributed by atoms with van der Waals surface area (Å²) in [5, 5.41) is 4.57. The number of benzene rings is 1. The Kier molecular flexibility index (Phi) is 3.22. The minimum Gasteiger partial charge on any atom is -0.338 e. The molecule has 0 saturated heterocycles. The highest BCUT2D eigenvalue weighted by Crippen LogP contribution is 2.19. The lowest BCUT2D eigenvalue weighted by Crippen LogP contribution is -2.10. The standard InChI is InChI=1S/C11H12ClN3O/c1-15(2)7-10-13-11(14-16-10)8-4-3-5-9(12)6-8/h3-6H,7H2,1-2H3. The second-order valence-electron chi connectivity index (χ2n) is 3.76. The zero-order valence-electron chi connectivity index (χ0n) is 9.14. The molecule has 2 aromatic rings. The summed E-state index contributed by atoms with van der Waals surface area (Å²) in [6.45, 7) is 0.633. The number of hydrogen-bond donors (Lipinski definition) is 0. The molecular weight excluding hydrogens is 226 g/mol. The summed E-state index contributed by atoms with van der Waals surface area (Å²) in [6, 6.07) is 7.38. The minimum atomic E-state index is 0.569. The van der Waals surface area contributed by atoms with Gasteiger partial charge in [0.25, 0.3) is 0 Å². The molecule has 1 aromatic carbocycles. The minimum absolute atomic E-state index is 0.569. The van der Waals surface area contributed by atoms with Crippen molar-refractivity contribution in [3.8, 4) is 11.4 Å². The van der Waals surface area contributed by atoms with Crippen LogP contribution >= 0.6 is 11.6 Å². The molecule has 0 fully saturated rings. The van der Waals surface area contributed by atoms with Crippen LogP contribution in [0.1, 0.15) is 5.89 Å². The molecule has 0 saturated carbocycles. The molecule has 0 aliphatic rings. The molecule has 16 heavy (non-hydrogen) atoms. The molecule has 0 atom stereocenters. The molecule has 1 aromatic heterocycles. The molecule has 0 aliphatic heterocycles. The molecule has 0 bridgehead atoms. The number of halogens is 1. The van der Waals surface area contributed by atoms with Crippen LogP contribution in [-0.2, 0) is 6.54 Å². The molecule has 2 rings (SSSR count). The third kappa shape index (κ3) is 2.59. The van der Waals surface area contributed by atoms with Crippen LogP contribution in [-0.4, -0.2) is 29.1 Å². The molecule has 1 heterocycles. The summed E-state index contributed by atoms with van der Waals surface area (Å²) >= 11 is 5.89. The molecule has 0 unspecified atom stereocenters. The molecule has 0 radical (unpaired) electrons. The van der Waals surface area contributed by atoms with Crippen molar-refractivity contribution in [2.45, 2.75) is 6.54 Å². The third-order valence-corrected chi connectivity index (χ3v) is 2.24. The van der Waals surface area contributed by atoms with Crippen molar-refractivity contribution in [3.63, 3.8) is 0 Å². The molecule has 0 amide bonds. The SMILES string of the molecule is CN(C)Cc1nc(-c2cccc(Cl)c2)no1. The van der Waals surface area contributed by atoms with Crippen LogP contribution in [0.5, 0.6) is 0 Å². The van der Waals surface area contributed by atoms with Gasteiger partial charge in [-0.3, -0.25) is 0 Å². The van der Waals surface area contributed by atoms with Crippen LogP contribution in [0, 0.1) is 0 Å². The van der Waals surface area contributed by atoms with Crippen LogP contribution in [0.2, 0.25) is 5.02 Å². The summed E-state index contributed by atoms with van der Waals surface area (Å²) in [6.07, 6.45) is 0. The number of hydrogen-bond acceptors (Lipinski definition) is 4. The van der Waals surface area contributed by atoms with Gasteiger partial charge in [0.15, 0.2) is 0 Å². The van der Waals surface area contributed by atoms with E-state index in [1.165, 1.54) is 0 Å². The van der Waals surface area contributed by atoms with Gasteiger partial charge >= 0.3 is 0 Å². The van der Waals surface area contributed by atoms with Crippen LogP contribution < -0.4 is 0 Å². The van der Waals surface area contributed by atoms with Gasteiger partial charge in [-0.2, -0.15) is 4.98 Å². The quantitative estimate of drug-likeness (QED) is 0.823. The topological polar surface area (TPSA) is 42.2 Å². The lowest BCUT2D eigenvalue weighted by atomic mass is 10.2. The second kappa shape index (κ2) is 4.63. The van der Waals surface area contributed by atoms with E-state index in [2.05, 4.69) is 10.1 Å². The average molecular weight is 238 g/mol. The number of rotatable bonds is 3. The maximum absolute atomic E-state index is 5.89. The predicted molar refractivity (Wildman–Crippen MR) is 62.1 cm³/mol. The number of nitrogens with zero attached hydrogens (tertiary/aromatic N) is 3. The van der Waals surface area contributed by atoms with Gasteiger partial charge in [-0.25, -0.2) is 0 Å². The molecule has 0 aliphatic carbocycles. The summed E-state index contributed by atoms with van der Waals surface area (Å²) in [5.74, 6) is 1.17. The lowest BCUT2D eigenvalue weighted by molar-refractivity contribution is 0.303. The smallest absolute Gasteiger partial charge is 0.241 e. The Morgan fingerprint density at radius 2 is 2.19 bits per heavy atom. The van der Waals surface area contributed by atoms with E-state index in [1.807, 2.05) is 43.3 Å². The summed E-state index contributed by atoms with van der Waals surface area (Å²) in [7, 11) is 3.90. The van der Waals surface area contributed by atoms with Crippen LogP contribution in [0.3, 0.4) is 0 Å². The van der Waals surface area contributed by atoms with Gasteiger partial charge in [0.1, 0.15) is 0 Å². The van der Waals surface area contributed by atoms with Gasteiger partial charge in [0.05, 0.1) is 6.54 Å². The summed E-state index contributed by atoms with van der Waals surface area (Å²) in [5.41, 5.74) is 0.862. The highest BCUT2D eigenvalue weighted by Gasteiger charge is 2.09. The van der Waals surface area contributed by atoms with Crippen molar-refractivity contribution in [1.29, 1.82) is 0 Å². The van der Waals surface area contributed by atoms with E-state index in [9.17, 15) is 0 Å². The van der Waals surface area contributed by atoms with Crippen molar-refractivity contribution in [2.75, 3.05) is 14.1 Å². The zero-order chi connectivity index (χ0) is 11.5. The van der Waals surface area contributed by atoms with Crippen molar-refractivity contribution in [2.24, 2.45) is 0 Å². The fourth-order valence-corrected chi connectivity index (χ4v) is 1.52. The fourth-order valence-electron chi connectivity index (χ4n) is 1.33. The molecule has 84 valence electrons. The van der Waals surface area contributed by atoms with E-state index in [-0.39, 0.29) is 0 Å². The Morgan fingerprint density at radius 3 is 2.88 bits per heavy atom. The first-order chi connectivity index (χ1) is 7.65. The maximum atomic E-state index is 5.89. The van der Waals surface area contributed by atoms with E-state index in [4.69, 9.17) is 16.1 Å². The van der Waals surface area contributed by atoms with Gasteiger partial charge in [0.2, 0.25) is 11.7 Å². The van der Waals surface area contributed by atoms with Gasteiger partial charge in [0, 0.05) is 10.6 Å². The van der Waals surface area contributed by atoms with Crippen molar-refractivity contribution >= 4 is 11.6 Å². The van der Waals surface area contributed by atoms with Gasteiger partial charge < -0.3 is 9.42 Å². The highest BCUT2D eigenvalue weighted by atomic mass is 35.5. The zero-order valence-corrected chi connectivity index (χ0v) is 9.90. The van der Waals surface area contributed by atoms with Crippen molar-refractivity contribution < 1.29 is 4.52 Å². The predicted octanol–water partition coefficient (Wildman–Crippen LogP) is 2.45. The van der Waals surface area contributed by atoms with Crippen LogP contribution in [0.4, 0.5) is 0 Å². The van der Waals surface area contributed by atoms with Gasteiger partial charge in [-0.15, -0.1) is 0 Å². The van der Waals surface area contributed by atoms with E-state index < -0.39 is 0 Å². The normalized spacial score (nSPS) is 11.0. The Morgan fingerprint density at radius 1 is 1.38 bits per heavy atom. The lowest BCUT2D eigenvalue weighted by Gasteiger charge is -2.02. The Hall–Kier alpha value is -1.39. The fraction of sp³-hybridized carbons (Fsp3) is 0.273. The largest absolute Gasteiger partial charge is 0.338 e. The van der Waals surface area contributed by atoms with E-state index in [0.717, 1.165) is 5.56 Å². The van der Waals surface area contributed by atoms with Crippen molar-refractivity contribution in [3.05, 3.63) is 35.2 Å². The molecule has 5 heteroatoms. The maximum Gasteiger partial charge on any atom is 0.241 e. The Balaban J connectivity index is 2.24. The number of aromatic nitrogens is 2. The summed E-state index contributed by atoms with van der Waals surface area (Å²) in [4.78, 5) is 6.25. The third-order valence-electron chi connectivity index (χ3n) is 2.00. The summed E-state index contributed by atoms with van der Waals surface area (Å²) < 4.78 is 5.12. The monoisotopic (exact) mass is 237 g/mol. The second-order valence-corrected chi connectivity index (χ2v) is 4.20. The van der Waals surface area contributed by atoms with Crippen LogP contribution in [0.15, 0.2) is 28.8 Å². The van der Waals surface area contributed by atoms with E-state index >= 15 is 0 Å².